The average Bonchev–Trinajstić information content (AvgIpc) is 3.54. The van der Waals surface area contributed by atoms with E-state index in [1.54, 1.807) is 6.20 Å². The number of hydrogen-bond acceptors (Lipinski definition) is 4. The molecule has 52 heavy (non-hydrogen) atoms. The van der Waals surface area contributed by atoms with Crippen LogP contribution >= 0.6 is 0 Å². The second-order valence-corrected chi connectivity index (χ2v) is 13.3. The Bertz CT molecular complexity index is 2870. The maximum absolute atomic E-state index is 6.93. The first-order chi connectivity index (χ1) is 25.7. The number of aromatic nitrogens is 2. The predicted molar refractivity (Wildman–Crippen MR) is 218 cm³/mol. The van der Waals surface area contributed by atoms with E-state index in [-0.39, 0.29) is 0 Å². The number of allylic oxidation sites excluding steroid dienone is 2. The first-order valence-corrected chi connectivity index (χ1v) is 17.5. The summed E-state index contributed by atoms with van der Waals surface area (Å²) in [6.45, 7) is 0. The summed E-state index contributed by atoms with van der Waals surface area (Å²) in [5, 5.41) is 6.86. The minimum atomic E-state index is 0.530. The van der Waals surface area contributed by atoms with Crippen LogP contribution in [0.1, 0.15) is 11.3 Å². The molecule has 0 amide bonds. The van der Waals surface area contributed by atoms with E-state index < -0.39 is 0 Å². The van der Waals surface area contributed by atoms with Crippen molar-refractivity contribution in [1.82, 2.24) is 9.97 Å². The van der Waals surface area contributed by atoms with Crippen LogP contribution in [-0.2, 0) is 0 Å². The van der Waals surface area contributed by atoms with Crippen molar-refractivity contribution < 1.29 is 0 Å². The minimum absolute atomic E-state index is 0.530. The summed E-state index contributed by atoms with van der Waals surface area (Å²) < 4.78 is 0. The van der Waals surface area contributed by atoms with Gasteiger partial charge in [-0.2, -0.15) is 0 Å². The molecule has 0 bridgehead atoms. The van der Waals surface area contributed by atoms with Gasteiger partial charge in [0.25, 0.3) is 0 Å². The highest BCUT2D eigenvalue weighted by Gasteiger charge is 2.31. The van der Waals surface area contributed by atoms with Gasteiger partial charge in [-0.05, 0) is 90.3 Å². The van der Waals surface area contributed by atoms with E-state index in [2.05, 4.69) is 132 Å². The van der Waals surface area contributed by atoms with Crippen LogP contribution in [0, 0.1) is 0 Å². The van der Waals surface area contributed by atoms with Crippen LogP contribution in [0.15, 0.2) is 170 Å². The molecular formula is C48H32N4. The normalized spacial score (nSPS) is 12.6. The van der Waals surface area contributed by atoms with Crippen molar-refractivity contribution in [3.63, 3.8) is 0 Å². The molecule has 1 aliphatic carbocycles. The van der Waals surface area contributed by atoms with E-state index in [0.717, 1.165) is 32.8 Å². The highest BCUT2D eigenvalue weighted by Crippen LogP contribution is 2.58. The van der Waals surface area contributed by atoms with Crippen molar-refractivity contribution in [2.75, 3.05) is 0 Å². The van der Waals surface area contributed by atoms with Crippen LogP contribution in [-0.4, -0.2) is 9.97 Å². The Morgan fingerprint density at radius 3 is 1.71 bits per heavy atom. The van der Waals surface area contributed by atoms with Gasteiger partial charge in [0, 0.05) is 28.2 Å². The summed E-state index contributed by atoms with van der Waals surface area (Å²) in [5.41, 5.74) is 27.9. The summed E-state index contributed by atoms with van der Waals surface area (Å²) in [7, 11) is 0. The van der Waals surface area contributed by atoms with Gasteiger partial charge in [0.15, 0.2) is 0 Å². The number of rotatable bonds is 5. The zero-order valence-corrected chi connectivity index (χ0v) is 28.2. The Labute approximate surface area is 301 Å². The lowest BCUT2D eigenvalue weighted by Crippen LogP contribution is -2.01. The van der Waals surface area contributed by atoms with Crippen LogP contribution in [0.25, 0.3) is 99.3 Å². The molecule has 0 saturated heterocycles. The number of nitrogens with zero attached hydrogens (tertiary/aromatic N) is 2. The SMILES string of the molecule is N/C(=C\C=C(/N)c1ccc2c3c(cccc13)-c1c-2c(-c2ccccc2)c2ccccc2c1-c1ccccc1)c1ccc2ccc3cccnc3c2n1. The van der Waals surface area contributed by atoms with Crippen molar-refractivity contribution in [1.29, 1.82) is 0 Å². The number of nitrogens with two attached hydrogens (primary N) is 2. The van der Waals surface area contributed by atoms with Gasteiger partial charge in [-0.25, -0.2) is 4.98 Å². The maximum atomic E-state index is 6.93. The molecule has 4 heteroatoms. The van der Waals surface area contributed by atoms with Crippen LogP contribution in [0.5, 0.6) is 0 Å². The van der Waals surface area contributed by atoms with E-state index in [1.807, 2.05) is 36.4 Å². The Balaban J connectivity index is 1.16. The van der Waals surface area contributed by atoms with Crippen LogP contribution < -0.4 is 11.5 Å². The smallest absolute Gasteiger partial charge is 0.0972 e. The Hall–Kier alpha value is -7.04. The minimum Gasteiger partial charge on any atom is -0.398 e. The molecule has 1 aliphatic rings. The van der Waals surface area contributed by atoms with Gasteiger partial charge in [-0.15, -0.1) is 0 Å². The second-order valence-electron chi connectivity index (χ2n) is 13.3. The molecule has 4 N–H and O–H groups in total. The van der Waals surface area contributed by atoms with Crippen LogP contribution in [0.4, 0.5) is 0 Å². The topological polar surface area (TPSA) is 77.8 Å². The van der Waals surface area contributed by atoms with E-state index >= 15 is 0 Å². The molecule has 0 fully saturated rings. The largest absolute Gasteiger partial charge is 0.398 e. The first kappa shape index (κ1) is 29.8. The standard InChI is InChI=1S/C48H32N4/c49-39(25-26-40(50)41-27-22-32-21-20-31-15-10-28-51-47(31)48(32)52-41)33-23-24-38-44-34(33)18-9-19-37(44)45-42(29-11-3-1-4-12-29)35-16-7-8-17-36(35)43(46(38)45)30-13-5-2-6-14-30/h1-28H,49-50H2/b39-25-,40-26-. The maximum Gasteiger partial charge on any atom is 0.0972 e. The molecule has 0 unspecified atom stereocenters. The molecule has 0 radical (unpaired) electrons. The third-order valence-electron chi connectivity index (χ3n) is 10.4. The fourth-order valence-corrected chi connectivity index (χ4v) is 8.10. The van der Waals surface area contributed by atoms with Crippen molar-refractivity contribution in [3.8, 4) is 44.5 Å². The number of fused-ring (bicyclic) bond motifs is 7. The molecule has 4 nitrogen and oxygen atoms in total. The van der Waals surface area contributed by atoms with Crippen molar-refractivity contribution >= 4 is 54.7 Å². The van der Waals surface area contributed by atoms with Crippen LogP contribution in [0.3, 0.4) is 0 Å². The predicted octanol–water partition coefficient (Wildman–Crippen LogP) is 11.4. The molecule has 244 valence electrons. The number of hydrogen-bond donors (Lipinski definition) is 2. The Morgan fingerprint density at radius 1 is 0.442 bits per heavy atom. The zero-order valence-electron chi connectivity index (χ0n) is 28.2. The summed E-state index contributed by atoms with van der Waals surface area (Å²) in [6.07, 6.45) is 5.55. The second kappa shape index (κ2) is 11.8. The molecule has 0 spiro atoms. The Morgan fingerprint density at radius 2 is 1.02 bits per heavy atom. The lowest BCUT2D eigenvalue weighted by Gasteiger charge is -2.20. The van der Waals surface area contributed by atoms with Gasteiger partial charge in [0.2, 0.25) is 0 Å². The average molecular weight is 665 g/mol. The van der Waals surface area contributed by atoms with Gasteiger partial charge < -0.3 is 11.5 Å². The quantitative estimate of drug-likeness (QED) is 0.142. The van der Waals surface area contributed by atoms with Gasteiger partial charge in [-0.1, -0.05) is 140 Å². The third-order valence-corrected chi connectivity index (χ3v) is 10.4. The summed E-state index contributed by atoms with van der Waals surface area (Å²) in [4.78, 5) is 9.51. The highest BCUT2D eigenvalue weighted by molar-refractivity contribution is 6.28. The van der Waals surface area contributed by atoms with Gasteiger partial charge in [-0.3, -0.25) is 4.98 Å². The zero-order chi connectivity index (χ0) is 34.8. The Kier molecular flexibility index (Phi) is 6.76. The third kappa shape index (κ3) is 4.55. The molecular weight excluding hydrogens is 633 g/mol. The molecule has 7 aromatic carbocycles. The van der Waals surface area contributed by atoms with Crippen molar-refractivity contribution in [3.05, 3.63) is 181 Å². The van der Waals surface area contributed by atoms with Crippen LogP contribution in [0.2, 0.25) is 0 Å². The fraction of sp³-hybridized carbons (Fsp3) is 0. The van der Waals surface area contributed by atoms with Gasteiger partial charge in [0.1, 0.15) is 0 Å². The summed E-state index contributed by atoms with van der Waals surface area (Å²) in [6, 6.07) is 53.5. The lowest BCUT2D eigenvalue weighted by atomic mass is 9.82. The van der Waals surface area contributed by atoms with E-state index in [0.29, 0.717) is 17.1 Å². The molecule has 2 heterocycles. The molecule has 0 saturated carbocycles. The van der Waals surface area contributed by atoms with Crippen molar-refractivity contribution in [2.24, 2.45) is 11.5 Å². The summed E-state index contributed by atoms with van der Waals surface area (Å²) in [5.74, 6) is 0. The molecule has 9 aromatic rings. The lowest BCUT2D eigenvalue weighted by molar-refractivity contribution is 1.31. The molecule has 0 atom stereocenters. The van der Waals surface area contributed by atoms with E-state index in [1.165, 1.54) is 60.7 Å². The molecule has 10 rings (SSSR count). The monoisotopic (exact) mass is 664 g/mol. The highest BCUT2D eigenvalue weighted by atomic mass is 14.8. The van der Waals surface area contributed by atoms with Gasteiger partial charge in [0.05, 0.1) is 22.4 Å². The summed E-state index contributed by atoms with van der Waals surface area (Å²) >= 11 is 0. The number of pyridine rings is 2. The molecule has 2 aromatic heterocycles. The first-order valence-electron chi connectivity index (χ1n) is 17.5. The van der Waals surface area contributed by atoms with E-state index in [9.17, 15) is 0 Å². The van der Waals surface area contributed by atoms with Crippen molar-refractivity contribution in [2.45, 2.75) is 0 Å². The fourth-order valence-electron chi connectivity index (χ4n) is 8.10. The number of benzene rings is 7. The molecule has 0 aliphatic heterocycles. The van der Waals surface area contributed by atoms with Gasteiger partial charge >= 0.3 is 0 Å². The van der Waals surface area contributed by atoms with E-state index in [4.69, 9.17) is 16.5 Å².